The fraction of sp³-hybridized carbons (Fsp3) is 0.438. The Bertz CT molecular complexity index is 567. The number of rotatable bonds is 4. The average molecular weight is 337 g/mol. The number of nitrogens with one attached hydrogen (secondary N) is 1. The van der Waals surface area contributed by atoms with Crippen LogP contribution in [-0.2, 0) is 0 Å². The van der Waals surface area contributed by atoms with Crippen molar-refractivity contribution in [3.05, 3.63) is 34.4 Å². The highest BCUT2D eigenvalue weighted by Gasteiger charge is 2.16. The van der Waals surface area contributed by atoms with Crippen LogP contribution in [-0.4, -0.2) is 11.7 Å². The van der Waals surface area contributed by atoms with Gasteiger partial charge in [-0.3, -0.25) is 0 Å². The van der Waals surface area contributed by atoms with Crippen molar-refractivity contribution >= 4 is 21.6 Å². The zero-order valence-electron chi connectivity index (χ0n) is 12.5. The molecule has 0 atom stereocenters. The molecule has 0 amide bonds. The second-order valence-corrected chi connectivity index (χ2v) is 7.13. The predicted molar refractivity (Wildman–Crippen MR) is 86.9 cm³/mol. The molecule has 0 bridgehead atoms. The average Bonchev–Trinajstić information content (AvgIpc) is 2.71. The molecule has 0 aliphatic rings. The number of aromatic nitrogens is 1. The maximum atomic E-state index is 5.48. The van der Waals surface area contributed by atoms with Crippen molar-refractivity contribution in [3.8, 4) is 11.3 Å². The quantitative estimate of drug-likeness (QED) is 0.827. The van der Waals surface area contributed by atoms with Crippen LogP contribution < -0.4 is 5.32 Å². The Morgan fingerprint density at radius 2 is 1.85 bits per heavy atom. The molecule has 2 aromatic rings. The van der Waals surface area contributed by atoms with Crippen LogP contribution in [0.3, 0.4) is 0 Å². The Hall–Kier alpha value is -1.29. The minimum atomic E-state index is 0.315. The zero-order valence-corrected chi connectivity index (χ0v) is 14.0. The smallest absolute Gasteiger partial charge is 0.190 e. The highest BCUT2D eigenvalue weighted by molar-refractivity contribution is 9.10. The van der Waals surface area contributed by atoms with E-state index in [9.17, 15) is 0 Å². The van der Waals surface area contributed by atoms with Crippen molar-refractivity contribution in [3.63, 3.8) is 0 Å². The van der Waals surface area contributed by atoms with E-state index >= 15 is 0 Å². The summed E-state index contributed by atoms with van der Waals surface area (Å²) in [7, 11) is 0. The molecule has 0 saturated carbocycles. The lowest BCUT2D eigenvalue weighted by atomic mass is 9.92. The first kappa shape index (κ1) is 15.1. The van der Waals surface area contributed by atoms with Crippen molar-refractivity contribution in [1.82, 2.24) is 5.16 Å². The molecule has 1 heterocycles. The number of nitrogens with zero attached hydrogens (tertiary/aromatic N) is 1. The molecule has 4 heteroatoms. The van der Waals surface area contributed by atoms with E-state index in [4.69, 9.17) is 4.52 Å². The van der Waals surface area contributed by atoms with Gasteiger partial charge in [0.1, 0.15) is 11.4 Å². The van der Waals surface area contributed by atoms with Crippen LogP contribution in [0.25, 0.3) is 11.3 Å². The van der Waals surface area contributed by atoms with Gasteiger partial charge >= 0.3 is 0 Å². The number of anilines is 1. The largest absolute Gasteiger partial charge is 0.380 e. The Morgan fingerprint density at radius 3 is 2.45 bits per heavy atom. The van der Waals surface area contributed by atoms with Crippen molar-refractivity contribution < 1.29 is 4.52 Å². The molecule has 0 radical (unpaired) electrons. The van der Waals surface area contributed by atoms with E-state index in [-0.39, 0.29) is 0 Å². The molecule has 0 spiro atoms. The van der Waals surface area contributed by atoms with Crippen LogP contribution in [0, 0.1) is 12.3 Å². The molecule has 0 fully saturated rings. The second kappa shape index (κ2) is 6.00. The topological polar surface area (TPSA) is 38.1 Å². The molecule has 0 unspecified atom stereocenters. The highest BCUT2D eigenvalue weighted by Crippen LogP contribution is 2.32. The van der Waals surface area contributed by atoms with E-state index in [0.717, 1.165) is 40.1 Å². The van der Waals surface area contributed by atoms with Crippen LogP contribution in [0.2, 0.25) is 0 Å². The summed E-state index contributed by atoms with van der Waals surface area (Å²) < 4.78 is 6.53. The Kier molecular flexibility index (Phi) is 4.53. The fourth-order valence-corrected chi connectivity index (χ4v) is 2.20. The first-order chi connectivity index (χ1) is 9.37. The third-order valence-corrected chi connectivity index (χ3v) is 3.67. The summed E-state index contributed by atoms with van der Waals surface area (Å²) in [5.74, 6) is 0.809. The minimum Gasteiger partial charge on any atom is -0.380 e. The van der Waals surface area contributed by atoms with E-state index in [1.165, 1.54) is 0 Å². The maximum absolute atomic E-state index is 5.48. The summed E-state index contributed by atoms with van der Waals surface area (Å²) in [6.07, 6.45) is 1.09. The molecule has 1 N–H and O–H groups in total. The summed E-state index contributed by atoms with van der Waals surface area (Å²) in [4.78, 5) is 0. The summed E-state index contributed by atoms with van der Waals surface area (Å²) in [5.41, 5.74) is 3.25. The molecule has 0 saturated heterocycles. The molecule has 1 aromatic carbocycles. The number of halogens is 1. The van der Waals surface area contributed by atoms with Gasteiger partial charge in [-0.2, -0.15) is 0 Å². The summed E-state index contributed by atoms with van der Waals surface area (Å²) in [6.45, 7) is 9.60. The summed E-state index contributed by atoms with van der Waals surface area (Å²) >= 11 is 3.44. The molecule has 20 heavy (non-hydrogen) atoms. The third kappa shape index (κ3) is 3.85. The zero-order chi connectivity index (χ0) is 14.8. The van der Waals surface area contributed by atoms with E-state index < -0.39 is 0 Å². The van der Waals surface area contributed by atoms with Crippen molar-refractivity contribution in [2.24, 2.45) is 5.41 Å². The molecule has 108 valence electrons. The first-order valence-corrected chi connectivity index (χ1v) is 7.62. The first-order valence-electron chi connectivity index (χ1n) is 6.83. The Balaban J connectivity index is 2.17. The summed E-state index contributed by atoms with van der Waals surface area (Å²) in [6, 6.07) is 8.07. The van der Waals surface area contributed by atoms with Crippen LogP contribution in [0.15, 0.2) is 33.3 Å². The lowest BCUT2D eigenvalue weighted by Gasteiger charge is -2.18. The molecule has 0 aliphatic heterocycles. The standard InChI is InChI=1S/C16H21BrN2O/c1-11-14(18-10-9-16(2,3)4)15(20-19-11)12-5-7-13(17)8-6-12/h5-8,18H,9-10H2,1-4H3. The molecular formula is C16H21BrN2O. The van der Waals surface area contributed by atoms with Gasteiger partial charge in [-0.05, 0) is 43.0 Å². The van der Waals surface area contributed by atoms with Gasteiger partial charge in [0.15, 0.2) is 5.76 Å². The molecule has 2 rings (SSSR count). The molecule has 1 aromatic heterocycles. The summed E-state index contributed by atoms with van der Waals surface area (Å²) in [5, 5.41) is 7.54. The van der Waals surface area contributed by atoms with Crippen LogP contribution in [0.1, 0.15) is 32.9 Å². The number of hydrogen-bond acceptors (Lipinski definition) is 3. The molecular weight excluding hydrogens is 316 g/mol. The van der Waals surface area contributed by atoms with Crippen molar-refractivity contribution in [2.45, 2.75) is 34.1 Å². The van der Waals surface area contributed by atoms with E-state index in [1.807, 2.05) is 31.2 Å². The predicted octanol–water partition coefficient (Wildman–Crippen LogP) is 5.26. The Labute approximate surface area is 128 Å². The van der Waals surface area contributed by atoms with Gasteiger partial charge in [0.05, 0.1) is 0 Å². The number of benzene rings is 1. The lowest BCUT2D eigenvalue weighted by Crippen LogP contribution is -2.13. The van der Waals surface area contributed by atoms with Gasteiger partial charge in [0.25, 0.3) is 0 Å². The SMILES string of the molecule is Cc1noc(-c2ccc(Br)cc2)c1NCCC(C)(C)C. The van der Waals surface area contributed by atoms with Gasteiger partial charge in [-0.15, -0.1) is 0 Å². The maximum Gasteiger partial charge on any atom is 0.190 e. The molecule has 0 aliphatic carbocycles. The Morgan fingerprint density at radius 1 is 1.20 bits per heavy atom. The van der Waals surface area contributed by atoms with Gasteiger partial charge in [-0.1, -0.05) is 41.9 Å². The second-order valence-electron chi connectivity index (χ2n) is 6.22. The fourth-order valence-electron chi connectivity index (χ4n) is 1.94. The monoisotopic (exact) mass is 336 g/mol. The van der Waals surface area contributed by atoms with Gasteiger partial charge in [-0.25, -0.2) is 0 Å². The van der Waals surface area contributed by atoms with Crippen LogP contribution >= 0.6 is 15.9 Å². The lowest BCUT2D eigenvalue weighted by molar-refractivity contribution is 0.389. The van der Waals surface area contributed by atoms with Crippen LogP contribution in [0.5, 0.6) is 0 Å². The van der Waals surface area contributed by atoms with E-state index in [1.54, 1.807) is 0 Å². The third-order valence-electron chi connectivity index (χ3n) is 3.15. The number of aryl methyl sites for hydroxylation is 1. The number of hydrogen-bond donors (Lipinski definition) is 1. The van der Waals surface area contributed by atoms with E-state index in [0.29, 0.717) is 5.41 Å². The van der Waals surface area contributed by atoms with Crippen LogP contribution in [0.4, 0.5) is 5.69 Å². The van der Waals surface area contributed by atoms with Gasteiger partial charge in [0.2, 0.25) is 0 Å². The van der Waals surface area contributed by atoms with Crippen molar-refractivity contribution in [1.29, 1.82) is 0 Å². The van der Waals surface area contributed by atoms with Gasteiger partial charge in [0, 0.05) is 16.6 Å². The minimum absolute atomic E-state index is 0.315. The van der Waals surface area contributed by atoms with Gasteiger partial charge < -0.3 is 9.84 Å². The molecule has 3 nitrogen and oxygen atoms in total. The highest BCUT2D eigenvalue weighted by atomic mass is 79.9. The normalized spacial score (nSPS) is 11.7. The van der Waals surface area contributed by atoms with Crippen molar-refractivity contribution in [2.75, 3.05) is 11.9 Å². The van der Waals surface area contributed by atoms with E-state index in [2.05, 4.69) is 47.2 Å².